The van der Waals surface area contributed by atoms with E-state index in [1.807, 2.05) is 36.4 Å². The third-order valence-corrected chi connectivity index (χ3v) is 0.667. The van der Waals surface area contributed by atoms with Crippen LogP contribution in [0.2, 0.25) is 0 Å². The van der Waals surface area contributed by atoms with Gasteiger partial charge < -0.3 is 13.5 Å². The fraction of sp³-hybridized carbons (Fsp3) is 0. The standard InChI is InChI=1S/C6H6.H2S/c1-2-4-6-5-3-1;/h1-6H;1H2/p-1. The number of rotatable bonds is 0. The van der Waals surface area contributed by atoms with E-state index in [1.54, 1.807) is 0 Å². The van der Waals surface area contributed by atoms with Gasteiger partial charge in [0.1, 0.15) is 0 Å². The zero-order valence-corrected chi connectivity index (χ0v) is 4.81. The van der Waals surface area contributed by atoms with Gasteiger partial charge in [-0.1, -0.05) is 36.4 Å². The molecule has 0 unspecified atom stereocenters. The first kappa shape index (κ1) is 6.57. The highest BCUT2D eigenvalue weighted by molar-refractivity contribution is 7.37. The van der Waals surface area contributed by atoms with Crippen LogP contribution in [0.15, 0.2) is 36.4 Å². The van der Waals surface area contributed by atoms with Gasteiger partial charge in [-0.3, -0.25) is 0 Å². The van der Waals surface area contributed by atoms with E-state index in [0.29, 0.717) is 0 Å². The molecule has 0 aliphatic heterocycles. The van der Waals surface area contributed by atoms with E-state index in [1.165, 1.54) is 0 Å². The minimum absolute atomic E-state index is 0. The van der Waals surface area contributed by atoms with E-state index < -0.39 is 0 Å². The first-order chi connectivity index (χ1) is 3.00. The molecule has 7 heavy (non-hydrogen) atoms. The molecule has 0 bridgehead atoms. The molecule has 0 nitrogen and oxygen atoms in total. The fourth-order valence-electron chi connectivity index (χ4n) is 0.385. The average molecular weight is 111 g/mol. The van der Waals surface area contributed by atoms with E-state index in [0.717, 1.165) is 0 Å². The Hall–Kier alpha value is -0.430. The molecule has 0 amide bonds. The topological polar surface area (TPSA) is 0 Å². The maximum absolute atomic E-state index is 2.00. The van der Waals surface area contributed by atoms with Gasteiger partial charge in [-0.05, 0) is 0 Å². The Kier molecular flexibility index (Phi) is 3.52. The quantitative estimate of drug-likeness (QED) is 0.360. The summed E-state index contributed by atoms with van der Waals surface area (Å²) in [6.45, 7) is 0. The fourth-order valence-corrected chi connectivity index (χ4v) is 0.385. The van der Waals surface area contributed by atoms with Gasteiger partial charge in [0.15, 0.2) is 0 Å². The lowest BCUT2D eigenvalue weighted by Gasteiger charge is -1.69. The third kappa shape index (κ3) is 2.29. The molecule has 0 aliphatic carbocycles. The van der Waals surface area contributed by atoms with E-state index in [2.05, 4.69) is 0 Å². The monoisotopic (exact) mass is 111 g/mol. The van der Waals surface area contributed by atoms with Crippen molar-refractivity contribution in [3.63, 3.8) is 0 Å². The van der Waals surface area contributed by atoms with Gasteiger partial charge in [-0.25, -0.2) is 0 Å². The van der Waals surface area contributed by atoms with Crippen molar-refractivity contribution in [2.75, 3.05) is 0 Å². The lowest BCUT2D eigenvalue weighted by atomic mass is 10.4. The normalized spacial score (nSPS) is 6.86. The van der Waals surface area contributed by atoms with Gasteiger partial charge in [0.05, 0.1) is 0 Å². The molecule has 1 heteroatoms. The minimum atomic E-state index is 0. The SMILES string of the molecule is [SH-].c1ccccc1. The highest BCUT2D eigenvalue weighted by atomic mass is 32.1. The van der Waals surface area contributed by atoms with Crippen LogP contribution in [0, 0.1) is 0 Å². The molecule has 0 saturated heterocycles. The summed E-state index contributed by atoms with van der Waals surface area (Å²) in [5.41, 5.74) is 0. The van der Waals surface area contributed by atoms with Gasteiger partial charge in [0.25, 0.3) is 0 Å². The predicted molar refractivity (Wildman–Crippen MR) is 35.2 cm³/mol. The minimum Gasteiger partial charge on any atom is -0.813 e. The Morgan fingerprint density at radius 2 is 0.571 bits per heavy atom. The van der Waals surface area contributed by atoms with Gasteiger partial charge >= 0.3 is 0 Å². The summed E-state index contributed by atoms with van der Waals surface area (Å²) in [5, 5.41) is 0. The molecule has 1 rings (SSSR count). The molecule has 0 atom stereocenters. The van der Waals surface area contributed by atoms with Crippen molar-refractivity contribution in [1.29, 1.82) is 0 Å². The summed E-state index contributed by atoms with van der Waals surface area (Å²) < 4.78 is 0. The van der Waals surface area contributed by atoms with Crippen LogP contribution in [0.5, 0.6) is 0 Å². The van der Waals surface area contributed by atoms with Crippen molar-refractivity contribution in [2.24, 2.45) is 0 Å². The summed E-state index contributed by atoms with van der Waals surface area (Å²) in [6.07, 6.45) is 0. The van der Waals surface area contributed by atoms with Crippen LogP contribution in [-0.2, 0) is 13.5 Å². The van der Waals surface area contributed by atoms with Crippen LogP contribution in [-0.4, -0.2) is 0 Å². The van der Waals surface area contributed by atoms with Crippen molar-refractivity contribution >= 4 is 13.5 Å². The van der Waals surface area contributed by atoms with Gasteiger partial charge in [0, 0.05) is 0 Å². The predicted octanol–water partition coefficient (Wildman–Crippen LogP) is 1.42. The van der Waals surface area contributed by atoms with E-state index in [-0.39, 0.29) is 13.5 Å². The Bertz CT molecular complexity index is 76.1. The van der Waals surface area contributed by atoms with E-state index in [9.17, 15) is 0 Å². The van der Waals surface area contributed by atoms with Crippen LogP contribution in [0.3, 0.4) is 0 Å². The van der Waals surface area contributed by atoms with Crippen molar-refractivity contribution in [3.8, 4) is 0 Å². The molecule has 0 saturated carbocycles. The van der Waals surface area contributed by atoms with E-state index >= 15 is 0 Å². The highest BCUT2D eigenvalue weighted by Gasteiger charge is 1.57. The number of thiol groups is 1. The summed E-state index contributed by atoms with van der Waals surface area (Å²) in [7, 11) is 0. The highest BCUT2D eigenvalue weighted by Crippen LogP contribution is 1.79. The molecule has 38 valence electrons. The molecule has 0 fully saturated rings. The third-order valence-electron chi connectivity index (χ3n) is 0.667. The molecule has 0 N–H and O–H groups in total. The number of benzene rings is 1. The Morgan fingerprint density at radius 3 is 0.714 bits per heavy atom. The van der Waals surface area contributed by atoms with Gasteiger partial charge in [0.2, 0.25) is 0 Å². The summed E-state index contributed by atoms with van der Waals surface area (Å²) in [6, 6.07) is 12.0. The molecule has 0 heterocycles. The largest absolute Gasteiger partial charge is 0.813 e. The summed E-state index contributed by atoms with van der Waals surface area (Å²) in [4.78, 5) is 0. The maximum Gasteiger partial charge on any atom is -0.0623 e. The molecular formula is C6H7S-. The number of hydrogen-bond donors (Lipinski definition) is 0. The second-order valence-corrected chi connectivity index (χ2v) is 1.15. The zero-order valence-electron chi connectivity index (χ0n) is 3.91. The molecule has 0 spiro atoms. The zero-order chi connectivity index (χ0) is 4.24. The van der Waals surface area contributed by atoms with Gasteiger partial charge in [-0.2, -0.15) is 0 Å². The molecular weight excluding hydrogens is 104 g/mol. The van der Waals surface area contributed by atoms with Crippen LogP contribution in [0.4, 0.5) is 0 Å². The van der Waals surface area contributed by atoms with Crippen molar-refractivity contribution < 1.29 is 0 Å². The summed E-state index contributed by atoms with van der Waals surface area (Å²) >= 11 is 0. The molecule has 1 aromatic rings. The molecule has 1 aromatic carbocycles. The average Bonchev–Trinajstić information content (AvgIpc) is 1.72. The first-order valence-electron chi connectivity index (χ1n) is 2.00. The second kappa shape index (κ2) is 3.75. The molecule has 0 aliphatic rings. The first-order valence-corrected chi connectivity index (χ1v) is 2.00. The molecule has 0 aromatic heterocycles. The van der Waals surface area contributed by atoms with Crippen LogP contribution >= 0.6 is 0 Å². The van der Waals surface area contributed by atoms with Crippen molar-refractivity contribution in [1.82, 2.24) is 0 Å². The Morgan fingerprint density at radius 1 is 0.429 bits per heavy atom. The van der Waals surface area contributed by atoms with E-state index in [4.69, 9.17) is 0 Å². The lowest BCUT2D eigenvalue weighted by molar-refractivity contribution is 1.72. The Balaban J connectivity index is 0.000000360. The van der Waals surface area contributed by atoms with Gasteiger partial charge in [-0.15, -0.1) is 0 Å². The lowest BCUT2D eigenvalue weighted by Crippen LogP contribution is -1.47. The second-order valence-electron chi connectivity index (χ2n) is 1.15. The van der Waals surface area contributed by atoms with Crippen molar-refractivity contribution in [2.45, 2.75) is 0 Å². The van der Waals surface area contributed by atoms with Crippen LogP contribution < -0.4 is 0 Å². The molecule has 0 radical (unpaired) electrons. The van der Waals surface area contributed by atoms with Crippen LogP contribution in [0.1, 0.15) is 0 Å². The summed E-state index contributed by atoms with van der Waals surface area (Å²) in [5.74, 6) is 0. The smallest absolute Gasteiger partial charge is 0.0623 e. The van der Waals surface area contributed by atoms with Crippen LogP contribution in [0.25, 0.3) is 0 Å². The Labute approximate surface area is 50.6 Å². The number of hydrogen-bond acceptors (Lipinski definition) is 1. The maximum atomic E-state index is 2.00. The van der Waals surface area contributed by atoms with Crippen molar-refractivity contribution in [3.05, 3.63) is 36.4 Å².